The maximum Gasteiger partial charge on any atom is 0.148 e. The highest BCUT2D eigenvalue weighted by atomic mass is 16.1. The fraction of sp³-hybridized carbons (Fsp3) is 0.941. The van der Waals surface area contributed by atoms with Gasteiger partial charge in [0.05, 0.1) is 12.1 Å². The van der Waals surface area contributed by atoms with Crippen molar-refractivity contribution in [1.29, 1.82) is 0 Å². The van der Waals surface area contributed by atoms with Gasteiger partial charge in [0.25, 0.3) is 0 Å². The SMILES string of the molecule is CCN(CC)CCN(CC)CC(C(C)=O)N(CC)CC.CCN1CCN(CC)CCN(CC)C(C(C)=O)CN(CC)CC1. The summed E-state index contributed by atoms with van der Waals surface area (Å²) in [4.78, 5) is 41.1. The van der Waals surface area contributed by atoms with Gasteiger partial charge in [-0.15, -0.1) is 0 Å². The van der Waals surface area contributed by atoms with E-state index in [0.717, 1.165) is 124 Å². The maximum atomic E-state index is 12.2. The highest BCUT2D eigenvalue weighted by Crippen LogP contribution is 2.08. The number of carbonyl (C=O) groups excluding carboxylic acids is 2. The summed E-state index contributed by atoms with van der Waals surface area (Å²) in [5.41, 5.74) is 0. The molecule has 0 radical (unpaired) electrons. The molecular formula is C34H73N7O2. The van der Waals surface area contributed by atoms with Gasteiger partial charge < -0.3 is 24.5 Å². The van der Waals surface area contributed by atoms with Gasteiger partial charge in [-0.2, -0.15) is 0 Å². The lowest BCUT2D eigenvalue weighted by Gasteiger charge is -2.37. The Labute approximate surface area is 267 Å². The molecule has 256 valence electrons. The van der Waals surface area contributed by atoms with Crippen LogP contribution < -0.4 is 0 Å². The van der Waals surface area contributed by atoms with Gasteiger partial charge in [0, 0.05) is 65.4 Å². The van der Waals surface area contributed by atoms with Crippen LogP contribution in [-0.4, -0.2) is 182 Å². The van der Waals surface area contributed by atoms with Gasteiger partial charge in [-0.25, -0.2) is 0 Å². The first-order valence-electron chi connectivity index (χ1n) is 17.7. The Morgan fingerprint density at radius 2 is 1.05 bits per heavy atom. The number of ketones is 2. The van der Waals surface area contributed by atoms with Gasteiger partial charge in [-0.3, -0.25) is 19.4 Å². The largest absolute Gasteiger partial charge is 0.303 e. The van der Waals surface area contributed by atoms with Gasteiger partial charge in [0.1, 0.15) is 11.6 Å². The lowest BCUT2D eigenvalue weighted by atomic mass is 10.1. The van der Waals surface area contributed by atoms with Crippen LogP contribution in [0.15, 0.2) is 0 Å². The lowest BCUT2D eigenvalue weighted by molar-refractivity contribution is -0.123. The van der Waals surface area contributed by atoms with Gasteiger partial charge >= 0.3 is 0 Å². The molecule has 0 aromatic rings. The zero-order valence-electron chi connectivity index (χ0n) is 30.5. The second-order valence-electron chi connectivity index (χ2n) is 11.8. The molecule has 0 aliphatic carbocycles. The second-order valence-corrected chi connectivity index (χ2v) is 11.8. The summed E-state index contributed by atoms with van der Waals surface area (Å²) in [6, 6.07) is 0.0785. The van der Waals surface area contributed by atoms with Crippen molar-refractivity contribution in [3.63, 3.8) is 0 Å². The van der Waals surface area contributed by atoms with Crippen molar-refractivity contribution in [3.8, 4) is 0 Å². The van der Waals surface area contributed by atoms with E-state index in [9.17, 15) is 9.59 Å². The Hall–Kier alpha value is -0.940. The van der Waals surface area contributed by atoms with Crippen molar-refractivity contribution in [3.05, 3.63) is 0 Å². The molecule has 2 atom stereocenters. The predicted octanol–water partition coefficient (Wildman–Crippen LogP) is 3.19. The molecule has 43 heavy (non-hydrogen) atoms. The number of hydrogen-bond donors (Lipinski definition) is 0. The monoisotopic (exact) mass is 612 g/mol. The summed E-state index contributed by atoms with van der Waals surface area (Å²) >= 11 is 0. The minimum absolute atomic E-state index is 0.0353. The maximum absolute atomic E-state index is 12.2. The van der Waals surface area contributed by atoms with Crippen molar-refractivity contribution in [2.24, 2.45) is 0 Å². The number of rotatable bonds is 17. The first-order valence-corrected chi connectivity index (χ1v) is 17.7. The molecule has 1 aliphatic rings. The molecule has 0 saturated carbocycles. The summed E-state index contributed by atoms with van der Waals surface area (Å²) in [5, 5.41) is 0. The Morgan fingerprint density at radius 3 is 1.42 bits per heavy atom. The van der Waals surface area contributed by atoms with E-state index < -0.39 is 0 Å². The molecule has 0 bridgehead atoms. The van der Waals surface area contributed by atoms with Crippen LogP contribution in [0.3, 0.4) is 0 Å². The minimum Gasteiger partial charge on any atom is -0.303 e. The highest BCUT2D eigenvalue weighted by molar-refractivity contribution is 5.82. The molecule has 1 saturated heterocycles. The van der Waals surface area contributed by atoms with Crippen LogP contribution in [0.25, 0.3) is 0 Å². The molecule has 0 spiro atoms. The van der Waals surface area contributed by atoms with Crippen LogP contribution in [0.2, 0.25) is 0 Å². The first-order chi connectivity index (χ1) is 20.6. The minimum atomic E-state index is 0.0353. The fourth-order valence-electron chi connectivity index (χ4n) is 5.96. The van der Waals surface area contributed by atoms with E-state index >= 15 is 0 Å². The summed E-state index contributed by atoms with van der Waals surface area (Å²) in [5.74, 6) is 0.591. The van der Waals surface area contributed by atoms with E-state index in [0.29, 0.717) is 5.78 Å². The van der Waals surface area contributed by atoms with Crippen LogP contribution >= 0.6 is 0 Å². The molecular weight excluding hydrogens is 538 g/mol. The molecule has 9 heteroatoms. The third-order valence-electron chi connectivity index (χ3n) is 9.48. The number of hydrogen-bond acceptors (Lipinski definition) is 9. The number of likely N-dealkylation sites (N-methyl/N-ethyl adjacent to an activating group) is 7. The van der Waals surface area contributed by atoms with E-state index in [1.165, 1.54) is 0 Å². The van der Waals surface area contributed by atoms with E-state index in [2.05, 4.69) is 96.6 Å². The predicted molar refractivity (Wildman–Crippen MR) is 185 cm³/mol. The van der Waals surface area contributed by atoms with Gasteiger partial charge in [-0.05, 0) is 72.8 Å². The zero-order chi connectivity index (χ0) is 32.8. The summed E-state index contributed by atoms with van der Waals surface area (Å²) in [7, 11) is 0. The van der Waals surface area contributed by atoms with Crippen LogP contribution in [0, 0.1) is 0 Å². The van der Waals surface area contributed by atoms with Crippen molar-refractivity contribution in [2.45, 2.75) is 88.2 Å². The second kappa shape index (κ2) is 25.3. The van der Waals surface area contributed by atoms with E-state index in [1.54, 1.807) is 13.8 Å². The van der Waals surface area contributed by atoms with Gasteiger partial charge in [-0.1, -0.05) is 62.3 Å². The molecule has 0 amide bonds. The van der Waals surface area contributed by atoms with Crippen molar-refractivity contribution < 1.29 is 9.59 Å². The smallest absolute Gasteiger partial charge is 0.148 e. The molecule has 2 unspecified atom stereocenters. The first kappa shape index (κ1) is 42.1. The molecule has 1 heterocycles. The van der Waals surface area contributed by atoms with Crippen LogP contribution in [0.4, 0.5) is 0 Å². The van der Waals surface area contributed by atoms with Crippen LogP contribution in [0.5, 0.6) is 0 Å². The van der Waals surface area contributed by atoms with Crippen LogP contribution in [0.1, 0.15) is 76.2 Å². The Bertz CT molecular complexity index is 702. The fourth-order valence-corrected chi connectivity index (χ4v) is 5.96. The number of nitrogens with zero attached hydrogens (tertiary/aromatic N) is 7. The molecule has 9 nitrogen and oxygen atoms in total. The zero-order valence-corrected chi connectivity index (χ0v) is 30.5. The number of Topliss-reactive ketones (excluding diaryl/α,β-unsaturated/α-hetero) is 2. The van der Waals surface area contributed by atoms with Gasteiger partial charge in [0.2, 0.25) is 0 Å². The number of carbonyl (C=O) groups is 2. The average molecular weight is 612 g/mol. The normalized spacial score (nSPS) is 19.6. The van der Waals surface area contributed by atoms with Gasteiger partial charge in [0.15, 0.2) is 0 Å². The Morgan fingerprint density at radius 1 is 0.605 bits per heavy atom. The quantitative estimate of drug-likeness (QED) is 0.247. The standard InChI is InChI=1S/C18H38N4O.C16H35N3O/c1-6-19-10-11-20(7-2)14-15-22(9-4)18(17(5)23)16-21(8-3)13-12-19;1-7-17(8-2)12-13-18(9-3)14-16(15(6)20)19(10-4)11-5/h18H,6-16H2,1-5H3;16H,7-14H2,1-6H3. The Kier molecular flexibility index (Phi) is 24.7. The van der Waals surface area contributed by atoms with Crippen molar-refractivity contribution >= 4 is 11.6 Å². The molecule has 0 aromatic heterocycles. The summed E-state index contributed by atoms with van der Waals surface area (Å²) < 4.78 is 0. The lowest BCUT2D eigenvalue weighted by Crippen LogP contribution is -2.52. The topological polar surface area (TPSA) is 56.8 Å². The summed E-state index contributed by atoms with van der Waals surface area (Å²) in [6.07, 6.45) is 0. The highest BCUT2D eigenvalue weighted by Gasteiger charge is 2.25. The van der Waals surface area contributed by atoms with E-state index in [4.69, 9.17) is 0 Å². The molecule has 1 aliphatic heterocycles. The third kappa shape index (κ3) is 16.8. The van der Waals surface area contributed by atoms with E-state index in [1.807, 2.05) is 0 Å². The van der Waals surface area contributed by atoms with Crippen LogP contribution in [-0.2, 0) is 9.59 Å². The van der Waals surface area contributed by atoms with Crippen molar-refractivity contribution in [2.75, 3.05) is 124 Å². The van der Waals surface area contributed by atoms with E-state index in [-0.39, 0.29) is 17.9 Å². The average Bonchev–Trinajstić information content (AvgIpc) is 3.00. The Balaban J connectivity index is 0.000000830. The summed E-state index contributed by atoms with van der Waals surface area (Å²) in [6.45, 7) is 42.7. The molecule has 1 rings (SSSR count). The molecule has 0 N–H and O–H groups in total. The molecule has 1 fully saturated rings. The molecule has 0 aromatic carbocycles. The third-order valence-corrected chi connectivity index (χ3v) is 9.48. The van der Waals surface area contributed by atoms with Crippen molar-refractivity contribution in [1.82, 2.24) is 34.3 Å².